The van der Waals surface area contributed by atoms with Crippen LogP contribution < -0.4 is 0 Å². The maximum absolute atomic E-state index is 10.7. The highest BCUT2D eigenvalue weighted by atomic mass is 32.2. The van der Waals surface area contributed by atoms with Crippen LogP contribution in [0, 0.1) is 17.8 Å². The molecule has 0 amide bonds. The Morgan fingerprint density at radius 2 is 2.11 bits per heavy atom. The van der Waals surface area contributed by atoms with Crippen LogP contribution in [0.25, 0.3) is 0 Å². The maximum atomic E-state index is 10.7. The lowest BCUT2D eigenvalue weighted by Gasteiger charge is -2.34. The molecule has 1 nitrogen and oxygen atoms in total. The van der Waals surface area contributed by atoms with Crippen molar-refractivity contribution in [2.75, 3.05) is 5.75 Å². The van der Waals surface area contributed by atoms with Crippen LogP contribution in [0.15, 0.2) is 6.07 Å². The van der Waals surface area contributed by atoms with Crippen LogP contribution in [0.4, 0.5) is 0 Å². The molecule has 106 valence electrons. The third-order valence-electron chi connectivity index (χ3n) is 5.02. The Kier molecular flexibility index (Phi) is 4.25. The van der Waals surface area contributed by atoms with Crippen LogP contribution in [0.2, 0.25) is 0 Å². The van der Waals surface area contributed by atoms with Crippen LogP contribution in [-0.4, -0.2) is 10.9 Å². The molecule has 1 saturated carbocycles. The lowest BCUT2D eigenvalue weighted by molar-refractivity contribution is 0.0585. The van der Waals surface area contributed by atoms with Crippen molar-refractivity contribution in [2.24, 2.45) is 17.8 Å². The second kappa shape index (κ2) is 5.79. The van der Waals surface area contributed by atoms with E-state index in [1.165, 1.54) is 46.8 Å². The van der Waals surface area contributed by atoms with Crippen molar-refractivity contribution in [1.29, 1.82) is 0 Å². The number of aliphatic hydroxyl groups is 1. The van der Waals surface area contributed by atoms with Gasteiger partial charge in [0, 0.05) is 15.5 Å². The Labute approximate surface area is 124 Å². The zero-order chi connectivity index (χ0) is 13.4. The lowest BCUT2D eigenvalue weighted by atomic mass is 9.73. The van der Waals surface area contributed by atoms with Gasteiger partial charge in [-0.1, -0.05) is 20.3 Å². The normalized spacial score (nSPS) is 32.9. The van der Waals surface area contributed by atoms with Crippen LogP contribution >= 0.6 is 23.1 Å². The number of rotatable bonds is 2. The van der Waals surface area contributed by atoms with E-state index in [0.29, 0.717) is 5.92 Å². The summed E-state index contributed by atoms with van der Waals surface area (Å²) in [5, 5.41) is 10.7. The monoisotopic (exact) mass is 296 g/mol. The first-order valence-corrected chi connectivity index (χ1v) is 9.49. The molecule has 4 unspecified atom stereocenters. The minimum Gasteiger partial charge on any atom is -0.387 e. The third kappa shape index (κ3) is 2.88. The van der Waals surface area contributed by atoms with Gasteiger partial charge in [-0.25, -0.2) is 0 Å². The van der Waals surface area contributed by atoms with Crippen molar-refractivity contribution >= 4 is 23.1 Å². The van der Waals surface area contributed by atoms with E-state index in [4.69, 9.17) is 0 Å². The molecule has 2 heterocycles. The number of hydrogen-bond acceptors (Lipinski definition) is 3. The van der Waals surface area contributed by atoms with Crippen molar-refractivity contribution in [3.05, 3.63) is 21.4 Å². The summed E-state index contributed by atoms with van der Waals surface area (Å²) in [6.45, 7) is 4.70. The minimum absolute atomic E-state index is 0.212. The van der Waals surface area contributed by atoms with Crippen LogP contribution in [0.1, 0.15) is 54.5 Å². The van der Waals surface area contributed by atoms with Gasteiger partial charge in [0.15, 0.2) is 0 Å². The SMILES string of the molecule is CC1CCC(C(O)c2cc3c(s2)CCSC3)CC1C. The minimum atomic E-state index is -0.212. The molecule has 0 saturated heterocycles. The average Bonchev–Trinajstić information content (AvgIpc) is 2.85. The maximum Gasteiger partial charge on any atom is 0.0910 e. The Balaban J connectivity index is 1.73. The highest BCUT2D eigenvalue weighted by Gasteiger charge is 2.31. The van der Waals surface area contributed by atoms with Gasteiger partial charge in [-0.05, 0) is 54.4 Å². The molecule has 0 spiro atoms. The molecule has 1 aromatic heterocycles. The summed E-state index contributed by atoms with van der Waals surface area (Å²) < 4.78 is 0. The number of fused-ring (bicyclic) bond motifs is 1. The first-order chi connectivity index (χ1) is 9.15. The molecular formula is C16H24OS2. The molecular weight excluding hydrogens is 272 g/mol. The van der Waals surface area contributed by atoms with Gasteiger partial charge >= 0.3 is 0 Å². The van der Waals surface area contributed by atoms with Crippen LogP contribution in [0.3, 0.4) is 0 Å². The van der Waals surface area contributed by atoms with Gasteiger partial charge in [0.05, 0.1) is 6.10 Å². The van der Waals surface area contributed by atoms with E-state index in [9.17, 15) is 5.11 Å². The zero-order valence-corrected chi connectivity index (χ0v) is 13.5. The van der Waals surface area contributed by atoms with E-state index in [0.717, 1.165) is 17.6 Å². The molecule has 19 heavy (non-hydrogen) atoms. The van der Waals surface area contributed by atoms with E-state index in [1.54, 1.807) is 0 Å². The van der Waals surface area contributed by atoms with Crippen molar-refractivity contribution in [3.8, 4) is 0 Å². The van der Waals surface area contributed by atoms with Gasteiger partial charge in [-0.15, -0.1) is 11.3 Å². The summed E-state index contributed by atoms with van der Waals surface area (Å²) in [6, 6.07) is 2.29. The fourth-order valence-electron chi connectivity index (χ4n) is 3.42. The third-order valence-corrected chi connectivity index (χ3v) is 7.34. The molecule has 1 aromatic rings. The molecule has 1 aliphatic heterocycles. The van der Waals surface area contributed by atoms with Crippen molar-refractivity contribution < 1.29 is 5.11 Å². The first-order valence-electron chi connectivity index (χ1n) is 7.52. The summed E-state index contributed by atoms with van der Waals surface area (Å²) in [5.41, 5.74) is 1.49. The summed E-state index contributed by atoms with van der Waals surface area (Å²) in [4.78, 5) is 2.77. The predicted octanol–water partition coefficient (Wildman–Crippen LogP) is 4.64. The van der Waals surface area contributed by atoms with Gasteiger partial charge in [-0.2, -0.15) is 11.8 Å². The molecule has 0 bridgehead atoms. The fourth-order valence-corrected chi connectivity index (χ4v) is 5.88. The zero-order valence-electron chi connectivity index (χ0n) is 11.9. The van der Waals surface area contributed by atoms with E-state index in [-0.39, 0.29) is 6.10 Å². The van der Waals surface area contributed by atoms with Gasteiger partial charge < -0.3 is 5.11 Å². The van der Waals surface area contributed by atoms with Gasteiger partial charge in [0.1, 0.15) is 0 Å². The largest absolute Gasteiger partial charge is 0.387 e. The second-order valence-corrected chi connectivity index (χ2v) is 8.65. The molecule has 3 heteroatoms. The summed E-state index contributed by atoms with van der Waals surface area (Å²) >= 11 is 3.90. The van der Waals surface area contributed by atoms with E-state index in [1.807, 2.05) is 23.1 Å². The van der Waals surface area contributed by atoms with Gasteiger partial charge in [0.25, 0.3) is 0 Å². The molecule has 0 radical (unpaired) electrons. The Bertz CT molecular complexity index is 416. The van der Waals surface area contributed by atoms with Crippen molar-refractivity contribution in [2.45, 2.75) is 51.4 Å². The molecule has 0 aromatic carbocycles. The van der Waals surface area contributed by atoms with Gasteiger partial charge in [0.2, 0.25) is 0 Å². The second-order valence-electron chi connectivity index (χ2n) is 6.37. The smallest absolute Gasteiger partial charge is 0.0910 e. The van der Waals surface area contributed by atoms with Crippen LogP contribution in [0.5, 0.6) is 0 Å². The van der Waals surface area contributed by atoms with Gasteiger partial charge in [-0.3, -0.25) is 0 Å². The molecule has 1 aliphatic carbocycles. The molecule has 4 atom stereocenters. The van der Waals surface area contributed by atoms with E-state index >= 15 is 0 Å². The Morgan fingerprint density at radius 3 is 2.84 bits per heavy atom. The highest BCUT2D eigenvalue weighted by molar-refractivity contribution is 7.98. The number of aliphatic hydroxyl groups excluding tert-OH is 1. The number of hydrogen-bond donors (Lipinski definition) is 1. The number of aryl methyl sites for hydroxylation is 1. The molecule has 3 rings (SSSR count). The average molecular weight is 297 g/mol. The number of thiophene rings is 1. The molecule has 2 aliphatic rings. The summed E-state index contributed by atoms with van der Waals surface area (Å²) in [5.74, 6) is 4.48. The summed E-state index contributed by atoms with van der Waals surface area (Å²) in [7, 11) is 0. The highest BCUT2D eigenvalue weighted by Crippen LogP contribution is 2.43. The van der Waals surface area contributed by atoms with Crippen molar-refractivity contribution in [1.82, 2.24) is 0 Å². The lowest BCUT2D eigenvalue weighted by Crippen LogP contribution is -2.24. The molecule has 1 fully saturated rings. The van der Waals surface area contributed by atoms with E-state index in [2.05, 4.69) is 19.9 Å². The van der Waals surface area contributed by atoms with Crippen LogP contribution in [-0.2, 0) is 12.2 Å². The first kappa shape index (κ1) is 14.0. The number of thioether (sulfide) groups is 1. The Hall–Kier alpha value is 0.01000. The quantitative estimate of drug-likeness (QED) is 0.857. The summed E-state index contributed by atoms with van der Waals surface area (Å²) in [6.07, 6.45) is 4.67. The predicted molar refractivity (Wildman–Crippen MR) is 84.8 cm³/mol. The molecule has 1 N–H and O–H groups in total. The standard InChI is InChI=1S/C16H24OS2/c1-10-3-4-12(7-11(10)2)16(17)15-8-13-9-18-6-5-14(13)19-15/h8,10-12,16-17H,3-7,9H2,1-2H3. The van der Waals surface area contributed by atoms with E-state index < -0.39 is 0 Å². The Morgan fingerprint density at radius 1 is 1.26 bits per heavy atom. The fraction of sp³-hybridized carbons (Fsp3) is 0.750. The van der Waals surface area contributed by atoms with Crippen molar-refractivity contribution in [3.63, 3.8) is 0 Å². The topological polar surface area (TPSA) is 20.2 Å².